The van der Waals surface area contributed by atoms with Gasteiger partial charge < -0.3 is 19.4 Å². The first-order valence-corrected chi connectivity index (χ1v) is 13.3. The predicted molar refractivity (Wildman–Crippen MR) is 150 cm³/mol. The molecule has 1 saturated heterocycles. The Kier molecular flexibility index (Phi) is 9.18. The molecule has 0 N–H and O–H groups in total. The number of halogens is 1. The Morgan fingerprint density at radius 2 is 1.76 bits per heavy atom. The highest BCUT2D eigenvalue weighted by Gasteiger charge is 2.26. The first-order valence-electron chi connectivity index (χ1n) is 12.9. The molecule has 0 bridgehead atoms. The van der Waals surface area contributed by atoms with Crippen molar-refractivity contribution in [1.82, 2.24) is 20.0 Å². The van der Waals surface area contributed by atoms with Gasteiger partial charge in [0.15, 0.2) is 5.82 Å². The van der Waals surface area contributed by atoms with Crippen LogP contribution < -0.4 is 9.64 Å². The normalized spacial score (nSPS) is 13.5. The molecule has 2 heterocycles. The van der Waals surface area contributed by atoms with Crippen LogP contribution in [0.3, 0.4) is 0 Å². The molecule has 0 aliphatic carbocycles. The molecular weight excluding hydrogens is 502 g/mol. The second-order valence-corrected chi connectivity index (χ2v) is 10.2. The highest BCUT2D eigenvalue weighted by molar-refractivity contribution is 6.33. The summed E-state index contributed by atoms with van der Waals surface area (Å²) < 4.78 is 5.27. The Bertz CT molecular complexity index is 1240. The van der Waals surface area contributed by atoms with E-state index in [0.717, 1.165) is 23.5 Å². The van der Waals surface area contributed by atoms with Crippen molar-refractivity contribution in [2.75, 3.05) is 51.3 Å². The number of nitrogens with zero attached hydrogens (tertiary/aromatic N) is 5. The largest absolute Gasteiger partial charge is 0.497 e. The number of carbonyl (C=O) groups is 2. The zero-order valence-electron chi connectivity index (χ0n) is 22.1. The van der Waals surface area contributed by atoms with Gasteiger partial charge in [-0.3, -0.25) is 9.59 Å². The van der Waals surface area contributed by atoms with Crippen LogP contribution in [0, 0.1) is 5.92 Å². The second kappa shape index (κ2) is 12.7. The van der Waals surface area contributed by atoms with Crippen LogP contribution in [-0.4, -0.2) is 78.2 Å². The summed E-state index contributed by atoms with van der Waals surface area (Å²) in [6, 6.07) is 18.5. The molecule has 1 aliphatic heterocycles. The molecule has 4 rings (SSSR count). The molecule has 2 amide bonds. The fraction of sp³-hybridized carbons (Fsp3) is 0.379. The number of carbonyl (C=O) groups excluding carboxylic acids is 2. The maximum atomic E-state index is 13.3. The Morgan fingerprint density at radius 3 is 2.42 bits per heavy atom. The van der Waals surface area contributed by atoms with E-state index in [4.69, 9.17) is 16.3 Å². The molecule has 38 heavy (non-hydrogen) atoms. The quantitative estimate of drug-likeness (QED) is 0.397. The Morgan fingerprint density at radius 1 is 1.00 bits per heavy atom. The molecule has 3 aromatic rings. The molecule has 2 aromatic carbocycles. The first-order chi connectivity index (χ1) is 18.4. The number of methoxy groups -OCH3 is 1. The molecular formula is C29H34ClN5O3. The van der Waals surface area contributed by atoms with Crippen molar-refractivity contribution in [3.63, 3.8) is 0 Å². The van der Waals surface area contributed by atoms with Crippen molar-refractivity contribution in [1.29, 1.82) is 0 Å². The van der Waals surface area contributed by atoms with Crippen LogP contribution in [0.5, 0.6) is 5.75 Å². The van der Waals surface area contributed by atoms with E-state index in [9.17, 15) is 9.59 Å². The third-order valence-corrected chi connectivity index (χ3v) is 6.99. The van der Waals surface area contributed by atoms with Crippen LogP contribution in [0.2, 0.25) is 5.02 Å². The second-order valence-electron chi connectivity index (χ2n) is 9.77. The number of ether oxygens (including phenoxy) is 1. The number of amides is 2. The van der Waals surface area contributed by atoms with Crippen LogP contribution in [-0.2, 0) is 4.79 Å². The van der Waals surface area contributed by atoms with E-state index in [1.807, 2.05) is 41.3 Å². The summed E-state index contributed by atoms with van der Waals surface area (Å²) in [4.78, 5) is 32.1. The lowest BCUT2D eigenvalue weighted by atomic mass is 10.1. The lowest BCUT2D eigenvalue weighted by molar-refractivity contribution is -0.132. The van der Waals surface area contributed by atoms with Crippen molar-refractivity contribution in [3.8, 4) is 17.0 Å². The predicted octanol–water partition coefficient (Wildman–Crippen LogP) is 4.64. The Labute approximate surface area is 229 Å². The summed E-state index contributed by atoms with van der Waals surface area (Å²) >= 11 is 6.29. The SMILES string of the molecule is COc1cccc(C(=O)N(CCC(C)C)CC(=O)N2CCN(c3ccc(-c4ccccc4Cl)nn3)CC2)c1. The van der Waals surface area contributed by atoms with Gasteiger partial charge >= 0.3 is 0 Å². The van der Waals surface area contributed by atoms with E-state index in [0.29, 0.717) is 55.0 Å². The number of rotatable bonds is 9. The summed E-state index contributed by atoms with van der Waals surface area (Å²) in [5, 5.41) is 9.40. The van der Waals surface area contributed by atoms with Crippen molar-refractivity contribution >= 4 is 29.2 Å². The van der Waals surface area contributed by atoms with Gasteiger partial charge in [-0.2, -0.15) is 0 Å². The summed E-state index contributed by atoms with van der Waals surface area (Å²) in [6.45, 7) is 7.18. The molecule has 1 aliphatic rings. The van der Waals surface area contributed by atoms with Gasteiger partial charge in [0.05, 0.1) is 17.8 Å². The van der Waals surface area contributed by atoms with Gasteiger partial charge in [0, 0.05) is 43.9 Å². The number of anilines is 1. The van der Waals surface area contributed by atoms with Gasteiger partial charge in [-0.15, -0.1) is 10.2 Å². The number of hydrogen-bond acceptors (Lipinski definition) is 6. The minimum atomic E-state index is -0.162. The number of benzene rings is 2. The zero-order valence-corrected chi connectivity index (χ0v) is 22.9. The number of aromatic nitrogens is 2. The third-order valence-electron chi connectivity index (χ3n) is 6.66. The maximum absolute atomic E-state index is 13.3. The van der Waals surface area contributed by atoms with Crippen LogP contribution in [0.25, 0.3) is 11.3 Å². The molecule has 9 heteroatoms. The number of hydrogen-bond donors (Lipinski definition) is 0. The van der Waals surface area contributed by atoms with Gasteiger partial charge in [-0.05, 0) is 48.7 Å². The van der Waals surface area contributed by atoms with Gasteiger partial charge in [0.2, 0.25) is 5.91 Å². The fourth-order valence-corrected chi connectivity index (χ4v) is 4.59. The van der Waals surface area contributed by atoms with E-state index >= 15 is 0 Å². The van der Waals surface area contributed by atoms with Crippen molar-refractivity contribution < 1.29 is 14.3 Å². The molecule has 0 radical (unpaired) electrons. The third kappa shape index (κ3) is 6.81. The van der Waals surface area contributed by atoms with Gasteiger partial charge in [-0.25, -0.2) is 0 Å². The molecule has 8 nitrogen and oxygen atoms in total. The average molecular weight is 536 g/mol. The zero-order chi connectivity index (χ0) is 27.1. The van der Waals surface area contributed by atoms with Crippen molar-refractivity contribution in [2.45, 2.75) is 20.3 Å². The summed E-state index contributed by atoms with van der Waals surface area (Å²) in [5.41, 5.74) is 2.08. The summed E-state index contributed by atoms with van der Waals surface area (Å²) in [5.74, 6) is 1.58. The molecule has 0 spiro atoms. The molecule has 0 atom stereocenters. The Hall–Kier alpha value is -3.65. The van der Waals surface area contributed by atoms with Gasteiger partial charge in [0.1, 0.15) is 12.3 Å². The highest BCUT2D eigenvalue weighted by Crippen LogP contribution is 2.26. The van der Waals surface area contributed by atoms with Crippen LogP contribution in [0.4, 0.5) is 5.82 Å². The Balaban J connectivity index is 1.37. The van der Waals surface area contributed by atoms with E-state index in [1.165, 1.54) is 0 Å². The topological polar surface area (TPSA) is 78.9 Å². The fourth-order valence-electron chi connectivity index (χ4n) is 4.36. The summed E-state index contributed by atoms with van der Waals surface area (Å²) in [7, 11) is 1.57. The van der Waals surface area contributed by atoms with Crippen LogP contribution >= 0.6 is 11.6 Å². The van der Waals surface area contributed by atoms with E-state index in [-0.39, 0.29) is 18.4 Å². The first kappa shape index (κ1) is 27.4. The van der Waals surface area contributed by atoms with Crippen LogP contribution in [0.15, 0.2) is 60.7 Å². The minimum absolute atomic E-state index is 0.0507. The summed E-state index contributed by atoms with van der Waals surface area (Å²) in [6.07, 6.45) is 0.819. The molecule has 0 saturated carbocycles. The monoisotopic (exact) mass is 535 g/mol. The molecule has 0 unspecified atom stereocenters. The maximum Gasteiger partial charge on any atom is 0.254 e. The molecule has 1 fully saturated rings. The van der Waals surface area contributed by atoms with Crippen molar-refractivity contribution in [2.24, 2.45) is 5.92 Å². The smallest absolute Gasteiger partial charge is 0.254 e. The van der Waals surface area contributed by atoms with Crippen molar-refractivity contribution in [3.05, 3.63) is 71.2 Å². The van der Waals surface area contributed by atoms with Gasteiger partial charge in [0.25, 0.3) is 5.91 Å². The highest BCUT2D eigenvalue weighted by atomic mass is 35.5. The standard InChI is InChI=1S/C29H34ClN5O3/c1-21(2)13-14-35(29(37)22-7-6-8-23(19-22)38-3)20-28(36)34-17-15-33(16-18-34)27-12-11-26(31-32-27)24-9-4-5-10-25(24)30/h4-12,19,21H,13-18,20H2,1-3H3. The lowest BCUT2D eigenvalue weighted by Gasteiger charge is -2.36. The molecule has 200 valence electrons. The number of piperazine rings is 1. The van der Waals surface area contributed by atoms with Crippen LogP contribution in [0.1, 0.15) is 30.6 Å². The van der Waals surface area contributed by atoms with E-state index < -0.39 is 0 Å². The average Bonchev–Trinajstić information content (AvgIpc) is 2.95. The molecule has 1 aromatic heterocycles. The van der Waals surface area contributed by atoms with Gasteiger partial charge in [-0.1, -0.05) is 49.7 Å². The minimum Gasteiger partial charge on any atom is -0.497 e. The van der Waals surface area contributed by atoms with E-state index in [2.05, 4.69) is 28.9 Å². The lowest BCUT2D eigenvalue weighted by Crippen LogP contribution is -2.52. The van der Waals surface area contributed by atoms with E-state index in [1.54, 1.807) is 36.3 Å².